The SMILES string of the molecule is CC/C=C\C/C=C\C/C=C\C/C=C\C/C=C\C=C/C(O)CCC(=O)O[C@@H](CO)COC(=O)CCCCCCCCCCCCCCCCC(C)C. The smallest absolute Gasteiger partial charge is 0.306 e. The third-order valence-corrected chi connectivity index (χ3v) is 8.56. The lowest BCUT2D eigenvalue weighted by Crippen LogP contribution is -2.28. The number of aliphatic hydroxyl groups excluding tert-OH is 2. The van der Waals surface area contributed by atoms with Crippen molar-refractivity contribution < 1.29 is 29.3 Å². The molecule has 0 amide bonds. The van der Waals surface area contributed by atoms with E-state index in [2.05, 4.69) is 69.4 Å². The third-order valence-electron chi connectivity index (χ3n) is 8.56. The van der Waals surface area contributed by atoms with E-state index >= 15 is 0 Å². The Morgan fingerprint density at radius 1 is 0.569 bits per heavy atom. The maximum atomic E-state index is 12.2. The van der Waals surface area contributed by atoms with Gasteiger partial charge in [-0.2, -0.15) is 0 Å². The molecule has 6 nitrogen and oxygen atoms in total. The summed E-state index contributed by atoms with van der Waals surface area (Å²) in [5.74, 6) is -0.0355. The molecule has 0 spiro atoms. The van der Waals surface area contributed by atoms with E-state index in [4.69, 9.17) is 9.47 Å². The number of allylic oxidation sites excluding steroid dienone is 11. The van der Waals surface area contributed by atoms with E-state index in [1.807, 2.05) is 12.2 Å². The van der Waals surface area contributed by atoms with Crippen molar-refractivity contribution in [2.45, 2.75) is 181 Å². The first-order valence-corrected chi connectivity index (χ1v) is 20.5. The molecule has 6 heteroatoms. The van der Waals surface area contributed by atoms with E-state index in [9.17, 15) is 19.8 Å². The minimum Gasteiger partial charge on any atom is -0.462 e. The summed E-state index contributed by atoms with van der Waals surface area (Å²) in [7, 11) is 0. The number of carbonyl (C=O) groups excluding carboxylic acids is 2. The molecule has 0 saturated heterocycles. The third kappa shape index (κ3) is 38.4. The summed E-state index contributed by atoms with van der Waals surface area (Å²) in [5.41, 5.74) is 0. The Kier molecular flexibility index (Phi) is 36.5. The number of carbonyl (C=O) groups is 2. The zero-order valence-electron chi connectivity index (χ0n) is 32.9. The van der Waals surface area contributed by atoms with Gasteiger partial charge in [0.1, 0.15) is 6.61 Å². The largest absolute Gasteiger partial charge is 0.462 e. The minimum atomic E-state index is -0.898. The molecule has 0 aromatic heterocycles. The van der Waals surface area contributed by atoms with Gasteiger partial charge in [0.05, 0.1) is 12.7 Å². The molecule has 0 radical (unpaired) electrons. The highest BCUT2D eigenvalue weighted by molar-refractivity contribution is 5.70. The summed E-state index contributed by atoms with van der Waals surface area (Å²) in [6, 6.07) is 0. The quantitative estimate of drug-likeness (QED) is 0.0294. The molecule has 2 atom stereocenters. The van der Waals surface area contributed by atoms with Crippen LogP contribution in [0.5, 0.6) is 0 Å². The van der Waals surface area contributed by atoms with E-state index < -0.39 is 24.8 Å². The second-order valence-electron chi connectivity index (χ2n) is 14.0. The predicted molar refractivity (Wildman–Crippen MR) is 215 cm³/mol. The second kappa shape index (κ2) is 38.5. The molecule has 0 aromatic rings. The molecule has 0 aromatic carbocycles. The van der Waals surface area contributed by atoms with Crippen molar-refractivity contribution in [1.82, 2.24) is 0 Å². The molecule has 0 fully saturated rings. The number of unbranched alkanes of at least 4 members (excludes halogenated alkanes) is 13. The van der Waals surface area contributed by atoms with Crippen LogP contribution in [0.15, 0.2) is 72.9 Å². The number of rotatable bonds is 35. The van der Waals surface area contributed by atoms with Crippen LogP contribution in [0.4, 0.5) is 0 Å². The van der Waals surface area contributed by atoms with Gasteiger partial charge in [0.2, 0.25) is 0 Å². The number of esters is 2. The molecule has 0 aliphatic rings. The highest BCUT2D eigenvalue weighted by atomic mass is 16.6. The van der Waals surface area contributed by atoms with Gasteiger partial charge < -0.3 is 19.7 Å². The fraction of sp³-hybridized carbons (Fsp3) is 0.689. The van der Waals surface area contributed by atoms with Crippen LogP contribution in [0, 0.1) is 5.92 Å². The summed E-state index contributed by atoms with van der Waals surface area (Å²) in [5, 5.41) is 19.7. The topological polar surface area (TPSA) is 93.1 Å². The van der Waals surface area contributed by atoms with Crippen molar-refractivity contribution in [3.05, 3.63) is 72.9 Å². The Morgan fingerprint density at radius 2 is 1.04 bits per heavy atom. The minimum absolute atomic E-state index is 0.000296. The van der Waals surface area contributed by atoms with Gasteiger partial charge >= 0.3 is 11.9 Å². The predicted octanol–water partition coefficient (Wildman–Crippen LogP) is 11.8. The van der Waals surface area contributed by atoms with Crippen molar-refractivity contribution in [1.29, 1.82) is 0 Å². The van der Waals surface area contributed by atoms with E-state index in [0.717, 1.165) is 57.3 Å². The van der Waals surface area contributed by atoms with Crippen LogP contribution >= 0.6 is 0 Å². The molecule has 51 heavy (non-hydrogen) atoms. The normalized spacial score (nSPS) is 13.7. The molecule has 292 valence electrons. The number of hydrogen-bond acceptors (Lipinski definition) is 6. The van der Waals surface area contributed by atoms with Crippen molar-refractivity contribution >= 4 is 11.9 Å². The highest BCUT2D eigenvalue weighted by Crippen LogP contribution is 2.15. The summed E-state index contributed by atoms with van der Waals surface area (Å²) in [6.07, 6.45) is 47.2. The molecule has 0 heterocycles. The fourth-order valence-electron chi connectivity index (χ4n) is 5.44. The first-order chi connectivity index (χ1) is 24.9. The average molecular weight is 713 g/mol. The lowest BCUT2D eigenvalue weighted by molar-refractivity contribution is -0.161. The van der Waals surface area contributed by atoms with Crippen LogP contribution in [0.1, 0.15) is 168 Å². The van der Waals surface area contributed by atoms with Gasteiger partial charge in [-0.15, -0.1) is 0 Å². The maximum absolute atomic E-state index is 12.2. The van der Waals surface area contributed by atoms with E-state index in [1.54, 1.807) is 12.2 Å². The van der Waals surface area contributed by atoms with Crippen molar-refractivity contribution in [3.63, 3.8) is 0 Å². The van der Waals surface area contributed by atoms with Crippen LogP contribution in [0.25, 0.3) is 0 Å². The zero-order chi connectivity index (χ0) is 37.5. The molecule has 0 bridgehead atoms. The van der Waals surface area contributed by atoms with Crippen molar-refractivity contribution in [2.75, 3.05) is 13.2 Å². The van der Waals surface area contributed by atoms with E-state index in [0.29, 0.717) is 6.42 Å². The summed E-state index contributed by atoms with van der Waals surface area (Å²) >= 11 is 0. The Balaban J connectivity index is 3.79. The van der Waals surface area contributed by atoms with E-state index in [-0.39, 0.29) is 25.4 Å². The maximum Gasteiger partial charge on any atom is 0.306 e. The first kappa shape index (κ1) is 48.3. The van der Waals surface area contributed by atoms with Gasteiger partial charge in [-0.05, 0) is 50.9 Å². The lowest BCUT2D eigenvalue weighted by Gasteiger charge is -2.16. The lowest BCUT2D eigenvalue weighted by atomic mass is 10.0. The van der Waals surface area contributed by atoms with Gasteiger partial charge in [0.25, 0.3) is 0 Å². The van der Waals surface area contributed by atoms with Gasteiger partial charge in [-0.25, -0.2) is 0 Å². The van der Waals surface area contributed by atoms with E-state index in [1.165, 1.54) is 77.0 Å². The average Bonchev–Trinajstić information content (AvgIpc) is 3.11. The number of hydrogen-bond donors (Lipinski definition) is 2. The van der Waals surface area contributed by atoms with Gasteiger partial charge in [0.15, 0.2) is 6.10 Å². The Hall–Kier alpha value is -2.70. The summed E-state index contributed by atoms with van der Waals surface area (Å²) in [4.78, 5) is 24.3. The van der Waals surface area contributed by atoms with Gasteiger partial charge in [-0.3, -0.25) is 9.59 Å². The number of aliphatic hydroxyl groups is 2. The molecule has 0 saturated carbocycles. The molecule has 1 unspecified atom stereocenters. The van der Waals surface area contributed by atoms with Crippen LogP contribution < -0.4 is 0 Å². The van der Waals surface area contributed by atoms with Gasteiger partial charge in [-0.1, -0.05) is 184 Å². The molecular formula is C45H76O6. The molecule has 0 aliphatic carbocycles. The number of ether oxygens (including phenoxy) is 2. The summed E-state index contributed by atoms with van der Waals surface area (Å²) in [6.45, 7) is 6.16. The summed E-state index contributed by atoms with van der Waals surface area (Å²) < 4.78 is 10.5. The highest BCUT2D eigenvalue weighted by Gasteiger charge is 2.17. The molecule has 0 aliphatic heterocycles. The van der Waals surface area contributed by atoms with Crippen LogP contribution in [0.2, 0.25) is 0 Å². The van der Waals surface area contributed by atoms with Crippen LogP contribution in [-0.4, -0.2) is 47.6 Å². The first-order valence-electron chi connectivity index (χ1n) is 20.5. The Bertz CT molecular complexity index is 973. The van der Waals surface area contributed by atoms with Crippen LogP contribution in [-0.2, 0) is 19.1 Å². The molecule has 2 N–H and O–H groups in total. The zero-order valence-corrected chi connectivity index (χ0v) is 32.9. The second-order valence-corrected chi connectivity index (χ2v) is 14.0. The monoisotopic (exact) mass is 713 g/mol. The fourth-order valence-corrected chi connectivity index (χ4v) is 5.44. The molecule has 0 rings (SSSR count). The van der Waals surface area contributed by atoms with Gasteiger partial charge in [0, 0.05) is 12.8 Å². The van der Waals surface area contributed by atoms with Crippen molar-refractivity contribution in [3.8, 4) is 0 Å². The van der Waals surface area contributed by atoms with Crippen LogP contribution in [0.3, 0.4) is 0 Å². The Morgan fingerprint density at radius 3 is 1.53 bits per heavy atom. The Labute approximate surface area is 313 Å². The van der Waals surface area contributed by atoms with Crippen molar-refractivity contribution in [2.24, 2.45) is 5.92 Å². The molecular weight excluding hydrogens is 636 g/mol. The standard InChI is InChI=1S/C45H76O6/c1-4-5-6-7-8-9-10-11-12-13-17-20-23-26-29-32-35-42(47)37-38-45(49)51-43(39-46)40-50-44(48)36-33-30-27-24-21-18-15-14-16-19-22-25-28-31-34-41(2)3/h5-6,8-9,11-12,17,20,26,29,32,35,41-43,46-47H,4,7,10,13-16,18-19,21-25,27-28,30-31,33-34,36-40H2,1-3H3/b6-5-,9-8-,12-11-,20-17-,29-26-,35-32-/t42?,43-/m0/s1.